The van der Waals surface area contributed by atoms with Gasteiger partial charge in [-0.05, 0) is 51.4 Å². The Morgan fingerprint density at radius 2 is 2.19 bits per heavy atom. The van der Waals surface area contributed by atoms with Crippen LogP contribution in [0, 0.1) is 6.92 Å². The SMILES string of the molecule is CCOCCOc1cc(C)ccc1CN=C(N)NCC1CCCN1CC. The highest BCUT2D eigenvalue weighted by atomic mass is 16.5. The Morgan fingerprint density at radius 1 is 1.35 bits per heavy atom. The van der Waals surface area contributed by atoms with Crippen molar-refractivity contribution in [3.05, 3.63) is 29.3 Å². The summed E-state index contributed by atoms with van der Waals surface area (Å²) in [7, 11) is 0. The number of rotatable bonds is 10. The molecule has 0 aliphatic carbocycles. The lowest BCUT2D eigenvalue weighted by atomic mass is 10.1. The van der Waals surface area contributed by atoms with Crippen molar-refractivity contribution in [2.75, 3.05) is 39.5 Å². The molecule has 6 heteroatoms. The van der Waals surface area contributed by atoms with Crippen LogP contribution in [0.3, 0.4) is 0 Å². The zero-order valence-electron chi connectivity index (χ0n) is 16.5. The van der Waals surface area contributed by atoms with Crippen molar-refractivity contribution in [2.45, 2.75) is 46.2 Å². The zero-order valence-corrected chi connectivity index (χ0v) is 16.5. The number of guanidine groups is 1. The van der Waals surface area contributed by atoms with Gasteiger partial charge in [-0.1, -0.05) is 19.1 Å². The average molecular weight is 363 g/mol. The van der Waals surface area contributed by atoms with Crippen LogP contribution in [0.4, 0.5) is 0 Å². The van der Waals surface area contributed by atoms with Crippen LogP contribution < -0.4 is 15.8 Å². The molecule has 1 saturated heterocycles. The van der Waals surface area contributed by atoms with Crippen LogP contribution in [-0.4, -0.2) is 56.4 Å². The van der Waals surface area contributed by atoms with E-state index in [1.165, 1.54) is 19.4 Å². The maximum atomic E-state index is 6.07. The number of hydrogen-bond donors (Lipinski definition) is 2. The fraction of sp³-hybridized carbons (Fsp3) is 0.650. The zero-order chi connectivity index (χ0) is 18.8. The second kappa shape index (κ2) is 11.0. The summed E-state index contributed by atoms with van der Waals surface area (Å²) in [5.41, 5.74) is 8.26. The van der Waals surface area contributed by atoms with Gasteiger partial charge in [-0.25, -0.2) is 4.99 Å². The lowest BCUT2D eigenvalue weighted by Crippen LogP contribution is -2.42. The van der Waals surface area contributed by atoms with Gasteiger partial charge >= 0.3 is 0 Å². The van der Waals surface area contributed by atoms with Crippen molar-refractivity contribution in [3.63, 3.8) is 0 Å². The van der Waals surface area contributed by atoms with Gasteiger partial charge in [0.15, 0.2) is 5.96 Å². The van der Waals surface area contributed by atoms with E-state index in [9.17, 15) is 0 Å². The van der Waals surface area contributed by atoms with Crippen molar-refractivity contribution in [1.82, 2.24) is 10.2 Å². The van der Waals surface area contributed by atoms with Crippen LogP contribution in [0.5, 0.6) is 5.75 Å². The van der Waals surface area contributed by atoms with Crippen molar-refractivity contribution in [1.29, 1.82) is 0 Å². The third-order valence-electron chi connectivity index (χ3n) is 4.76. The monoisotopic (exact) mass is 362 g/mol. The third-order valence-corrected chi connectivity index (χ3v) is 4.76. The Balaban J connectivity index is 1.87. The summed E-state index contributed by atoms with van der Waals surface area (Å²) in [4.78, 5) is 6.99. The van der Waals surface area contributed by atoms with Gasteiger partial charge in [-0.2, -0.15) is 0 Å². The molecule has 146 valence electrons. The molecule has 1 aromatic carbocycles. The third kappa shape index (κ3) is 6.50. The number of aryl methyl sites for hydroxylation is 1. The molecule has 0 bridgehead atoms. The van der Waals surface area contributed by atoms with E-state index in [4.69, 9.17) is 15.2 Å². The summed E-state index contributed by atoms with van der Waals surface area (Å²) < 4.78 is 11.2. The number of benzene rings is 1. The van der Waals surface area contributed by atoms with Crippen LogP contribution >= 0.6 is 0 Å². The highest BCUT2D eigenvalue weighted by Crippen LogP contribution is 2.21. The quantitative estimate of drug-likeness (QED) is 0.380. The highest BCUT2D eigenvalue weighted by molar-refractivity contribution is 5.77. The van der Waals surface area contributed by atoms with E-state index in [0.717, 1.165) is 30.0 Å². The molecule has 0 aromatic heterocycles. The van der Waals surface area contributed by atoms with E-state index in [2.05, 4.69) is 41.2 Å². The summed E-state index contributed by atoms with van der Waals surface area (Å²) in [5.74, 6) is 1.35. The molecular formula is C20H34N4O2. The molecule has 1 aliphatic rings. The van der Waals surface area contributed by atoms with E-state index < -0.39 is 0 Å². The molecule has 0 radical (unpaired) electrons. The number of ether oxygens (including phenoxy) is 2. The Bertz CT molecular complexity index is 577. The number of nitrogens with zero attached hydrogens (tertiary/aromatic N) is 2. The molecule has 3 N–H and O–H groups in total. The van der Waals surface area contributed by atoms with Crippen LogP contribution in [0.1, 0.15) is 37.8 Å². The first-order valence-corrected chi connectivity index (χ1v) is 9.72. The first kappa shape index (κ1) is 20.5. The highest BCUT2D eigenvalue weighted by Gasteiger charge is 2.22. The minimum Gasteiger partial charge on any atom is -0.491 e. The van der Waals surface area contributed by atoms with Gasteiger partial charge in [0, 0.05) is 24.8 Å². The van der Waals surface area contributed by atoms with Gasteiger partial charge in [0.1, 0.15) is 12.4 Å². The molecule has 0 spiro atoms. The van der Waals surface area contributed by atoms with Gasteiger partial charge in [0.05, 0.1) is 13.2 Å². The summed E-state index contributed by atoms with van der Waals surface area (Å²) >= 11 is 0. The first-order chi connectivity index (χ1) is 12.6. The van der Waals surface area contributed by atoms with Crippen molar-refractivity contribution in [2.24, 2.45) is 10.7 Å². The van der Waals surface area contributed by atoms with Crippen LogP contribution in [-0.2, 0) is 11.3 Å². The Labute approximate surface area is 157 Å². The molecule has 1 heterocycles. The Kier molecular flexibility index (Phi) is 8.71. The molecule has 26 heavy (non-hydrogen) atoms. The van der Waals surface area contributed by atoms with Crippen molar-refractivity contribution >= 4 is 5.96 Å². The fourth-order valence-electron chi connectivity index (χ4n) is 3.27. The normalized spacial score (nSPS) is 18.3. The van der Waals surface area contributed by atoms with Crippen LogP contribution in [0.2, 0.25) is 0 Å². The second-order valence-corrected chi connectivity index (χ2v) is 6.66. The van der Waals surface area contributed by atoms with Gasteiger partial charge in [0.25, 0.3) is 0 Å². The standard InChI is InChI=1S/C20H34N4O2/c1-4-24-10-6-7-18(24)15-23-20(21)22-14-17-9-8-16(3)13-19(17)26-12-11-25-5-2/h8-9,13,18H,4-7,10-12,14-15H2,1-3H3,(H3,21,22,23). The van der Waals surface area contributed by atoms with Gasteiger partial charge in [-0.3, -0.25) is 4.90 Å². The number of nitrogens with two attached hydrogens (primary N) is 1. The van der Waals surface area contributed by atoms with Crippen molar-refractivity contribution in [3.8, 4) is 5.75 Å². The average Bonchev–Trinajstić information content (AvgIpc) is 3.10. The van der Waals surface area contributed by atoms with Gasteiger partial charge in [0.2, 0.25) is 0 Å². The molecule has 1 aliphatic heterocycles. The Morgan fingerprint density at radius 3 is 2.96 bits per heavy atom. The van der Waals surface area contributed by atoms with Gasteiger partial charge in [-0.15, -0.1) is 0 Å². The van der Waals surface area contributed by atoms with E-state index in [0.29, 0.717) is 38.4 Å². The topological polar surface area (TPSA) is 72.1 Å². The molecular weight excluding hydrogens is 328 g/mol. The number of likely N-dealkylation sites (N-methyl/N-ethyl adjacent to an activating group) is 1. The maximum Gasteiger partial charge on any atom is 0.188 e. The molecule has 1 aromatic rings. The molecule has 1 atom stereocenters. The predicted molar refractivity (Wildman–Crippen MR) is 107 cm³/mol. The van der Waals surface area contributed by atoms with E-state index in [-0.39, 0.29) is 0 Å². The Hall–Kier alpha value is -1.79. The molecule has 0 amide bonds. The van der Waals surface area contributed by atoms with Crippen LogP contribution in [0.25, 0.3) is 0 Å². The smallest absolute Gasteiger partial charge is 0.188 e. The largest absolute Gasteiger partial charge is 0.491 e. The number of aliphatic imine (C=N–C) groups is 1. The fourth-order valence-corrected chi connectivity index (χ4v) is 3.27. The van der Waals surface area contributed by atoms with E-state index in [1.807, 2.05) is 13.0 Å². The van der Waals surface area contributed by atoms with Gasteiger partial charge < -0.3 is 20.5 Å². The predicted octanol–water partition coefficient (Wildman–Crippen LogP) is 2.30. The first-order valence-electron chi connectivity index (χ1n) is 9.72. The summed E-state index contributed by atoms with van der Waals surface area (Å²) in [6.07, 6.45) is 2.49. The van der Waals surface area contributed by atoms with E-state index >= 15 is 0 Å². The van der Waals surface area contributed by atoms with Crippen LogP contribution in [0.15, 0.2) is 23.2 Å². The number of nitrogens with one attached hydrogen (secondary N) is 1. The molecule has 1 fully saturated rings. The lowest BCUT2D eigenvalue weighted by molar-refractivity contribution is 0.110. The minimum atomic E-state index is 0.494. The molecule has 6 nitrogen and oxygen atoms in total. The molecule has 0 saturated carbocycles. The maximum absolute atomic E-state index is 6.07. The number of hydrogen-bond acceptors (Lipinski definition) is 4. The summed E-state index contributed by atoms with van der Waals surface area (Å²) in [6, 6.07) is 6.72. The molecule has 1 unspecified atom stereocenters. The minimum absolute atomic E-state index is 0.494. The molecule has 2 rings (SSSR count). The van der Waals surface area contributed by atoms with E-state index in [1.54, 1.807) is 0 Å². The van der Waals surface area contributed by atoms with Crippen molar-refractivity contribution < 1.29 is 9.47 Å². The lowest BCUT2D eigenvalue weighted by Gasteiger charge is -2.23. The summed E-state index contributed by atoms with van der Waals surface area (Å²) in [5, 5.41) is 3.28. The number of likely N-dealkylation sites (tertiary alicyclic amines) is 1. The second-order valence-electron chi connectivity index (χ2n) is 6.66. The summed E-state index contributed by atoms with van der Waals surface area (Å²) in [6.45, 7) is 11.7.